The van der Waals surface area contributed by atoms with Gasteiger partial charge in [0.1, 0.15) is 18.1 Å². The second-order valence-electron chi connectivity index (χ2n) is 5.97. The first kappa shape index (κ1) is 18.1. The molecule has 1 N–H and O–H groups in total. The van der Waals surface area contributed by atoms with Gasteiger partial charge in [0.2, 0.25) is 0 Å². The Morgan fingerprint density at radius 1 is 1.30 bits per heavy atom. The van der Waals surface area contributed by atoms with Gasteiger partial charge in [-0.05, 0) is 36.2 Å². The Kier molecular flexibility index (Phi) is 5.16. The lowest BCUT2D eigenvalue weighted by Gasteiger charge is -2.13. The van der Waals surface area contributed by atoms with E-state index in [4.69, 9.17) is 4.74 Å². The zero-order chi connectivity index (χ0) is 19.4. The van der Waals surface area contributed by atoms with Crippen molar-refractivity contribution in [1.29, 1.82) is 0 Å². The third kappa shape index (κ3) is 4.12. The summed E-state index contributed by atoms with van der Waals surface area (Å²) in [6.07, 6.45) is 2.51. The maximum atomic E-state index is 12.8. The van der Waals surface area contributed by atoms with E-state index in [1.54, 1.807) is 37.4 Å². The molecule has 3 aromatic rings. The molecule has 0 atom stereocenters. The van der Waals surface area contributed by atoms with Gasteiger partial charge in [-0.2, -0.15) is 5.10 Å². The lowest BCUT2D eigenvalue weighted by atomic mass is 10.1. The first-order valence-corrected chi connectivity index (χ1v) is 8.18. The Morgan fingerprint density at radius 3 is 2.78 bits per heavy atom. The van der Waals surface area contributed by atoms with Gasteiger partial charge in [0, 0.05) is 5.56 Å². The lowest BCUT2D eigenvalue weighted by Crippen LogP contribution is -2.16. The van der Waals surface area contributed by atoms with E-state index in [1.165, 1.54) is 17.1 Å². The molecule has 1 aromatic heterocycles. The van der Waals surface area contributed by atoms with Crippen molar-refractivity contribution in [2.45, 2.75) is 13.5 Å². The normalized spacial score (nSPS) is 10.4. The van der Waals surface area contributed by atoms with Crippen LogP contribution < -0.4 is 10.1 Å². The fraction of sp³-hybridized carbons (Fsp3) is 0.158. The molecule has 0 saturated carbocycles. The van der Waals surface area contributed by atoms with Crippen molar-refractivity contribution in [1.82, 2.24) is 9.78 Å². The molecule has 27 heavy (non-hydrogen) atoms. The van der Waals surface area contributed by atoms with Crippen LogP contribution in [0.1, 0.15) is 21.5 Å². The second kappa shape index (κ2) is 7.69. The highest BCUT2D eigenvalue weighted by molar-refractivity contribution is 6.06. The molecule has 8 nitrogen and oxygen atoms in total. The van der Waals surface area contributed by atoms with Gasteiger partial charge >= 0.3 is 5.69 Å². The summed E-state index contributed by atoms with van der Waals surface area (Å²) in [5.41, 5.74) is 2.62. The third-order valence-electron chi connectivity index (χ3n) is 4.03. The number of benzene rings is 2. The van der Waals surface area contributed by atoms with Gasteiger partial charge in [-0.1, -0.05) is 24.3 Å². The van der Waals surface area contributed by atoms with E-state index in [0.717, 1.165) is 5.56 Å². The van der Waals surface area contributed by atoms with Gasteiger partial charge in [0.15, 0.2) is 0 Å². The molecule has 1 heterocycles. The number of ether oxygens (including phenoxy) is 1. The van der Waals surface area contributed by atoms with Crippen LogP contribution in [0.5, 0.6) is 5.75 Å². The number of aromatic nitrogens is 2. The molecule has 0 radical (unpaired) electrons. The van der Waals surface area contributed by atoms with E-state index in [-0.39, 0.29) is 18.1 Å². The number of hydrogen-bond donors (Lipinski definition) is 1. The molecule has 2 aromatic carbocycles. The highest BCUT2D eigenvalue weighted by Gasteiger charge is 2.15. The summed E-state index contributed by atoms with van der Waals surface area (Å²) in [5, 5.41) is 17.7. The van der Waals surface area contributed by atoms with Crippen LogP contribution in [0.4, 0.5) is 11.4 Å². The number of carbonyl (C=O) groups is 1. The number of anilines is 1. The Balaban J connectivity index is 1.85. The highest BCUT2D eigenvalue weighted by Crippen LogP contribution is 2.26. The summed E-state index contributed by atoms with van der Waals surface area (Å²) < 4.78 is 6.72. The van der Waals surface area contributed by atoms with E-state index >= 15 is 0 Å². The summed E-state index contributed by atoms with van der Waals surface area (Å²) in [6.45, 7) is 2.16. The number of aryl methyl sites for hydroxylation is 1. The lowest BCUT2D eigenvalue weighted by molar-refractivity contribution is -0.385. The fourth-order valence-corrected chi connectivity index (χ4v) is 2.70. The minimum Gasteiger partial charge on any atom is -0.495 e. The minimum atomic E-state index is -0.508. The van der Waals surface area contributed by atoms with Crippen LogP contribution in [0, 0.1) is 17.0 Å². The summed E-state index contributed by atoms with van der Waals surface area (Å²) >= 11 is 0. The Morgan fingerprint density at radius 2 is 2.07 bits per heavy atom. The van der Waals surface area contributed by atoms with Crippen molar-refractivity contribution in [3.63, 3.8) is 0 Å². The Labute approximate surface area is 155 Å². The fourth-order valence-electron chi connectivity index (χ4n) is 2.70. The molecule has 0 bridgehead atoms. The van der Waals surface area contributed by atoms with Crippen molar-refractivity contribution in [3.05, 3.63) is 81.7 Å². The van der Waals surface area contributed by atoms with Crippen LogP contribution in [0.2, 0.25) is 0 Å². The van der Waals surface area contributed by atoms with E-state index < -0.39 is 4.92 Å². The predicted molar refractivity (Wildman–Crippen MR) is 100 cm³/mol. The van der Waals surface area contributed by atoms with E-state index in [2.05, 4.69) is 10.4 Å². The summed E-state index contributed by atoms with van der Waals surface area (Å²) in [6, 6.07) is 12.6. The number of nitrogens with one attached hydrogen (secondary N) is 1. The van der Waals surface area contributed by atoms with Crippen LogP contribution >= 0.6 is 0 Å². The van der Waals surface area contributed by atoms with E-state index in [1.807, 2.05) is 19.1 Å². The standard InChI is InChI=1S/C19H18N4O4/c1-13-7-8-18(27-2)17(9-13)21-19(24)16-6-4-3-5-14(16)11-22-12-15(10-20-22)23(25)26/h3-10,12H,11H2,1-2H3,(H,21,24). The van der Waals surface area contributed by atoms with Gasteiger partial charge < -0.3 is 10.1 Å². The predicted octanol–water partition coefficient (Wildman–Crippen LogP) is 3.41. The number of methoxy groups -OCH3 is 1. The van der Waals surface area contributed by atoms with Gasteiger partial charge in [-0.3, -0.25) is 19.6 Å². The molecule has 138 valence electrons. The molecule has 1 amide bonds. The molecule has 8 heteroatoms. The molecular weight excluding hydrogens is 348 g/mol. The zero-order valence-electron chi connectivity index (χ0n) is 14.9. The number of nitrogens with zero attached hydrogens (tertiary/aromatic N) is 3. The number of rotatable bonds is 6. The van der Waals surface area contributed by atoms with Crippen molar-refractivity contribution < 1.29 is 14.5 Å². The maximum absolute atomic E-state index is 12.8. The zero-order valence-corrected chi connectivity index (χ0v) is 14.9. The van der Waals surface area contributed by atoms with Crippen LogP contribution in [0.25, 0.3) is 0 Å². The maximum Gasteiger partial charge on any atom is 0.307 e. The topological polar surface area (TPSA) is 99.3 Å². The SMILES string of the molecule is COc1ccc(C)cc1NC(=O)c1ccccc1Cn1cc([N+](=O)[O-])cn1. The van der Waals surface area contributed by atoms with Crippen molar-refractivity contribution >= 4 is 17.3 Å². The number of nitro groups is 1. The summed E-state index contributed by atoms with van der Waals surface area (Å²) in [5.74, 6) is 0.269. The van der Waals surface area contributed by atoms with Crippen molar-refractivity contribution in [2.75, 3.05) is 12.4 Å². The molecule has 0 aliphatic carbocycles. The molecule has 0 unspecified atom stereocenters. The molecular formula is C19H18N4O4. The van der Waals surface area contributed by atoms with Gasteiger partial charge in [-0.15, -0.1) is 0 Å². The first-order valence-electron chi connectivity index (χ1n) is 8.18. The van der Waals surface area contributed by atoms with E-state index in [9.17, 15) is 14.9 Å². The molecule has 0 saturated heterocycles. The largest absolute Gasteiger partial charge is 0.495 e. The number of hydrogen-bond acceptors (Lipinski definition) is 5. The molecule has 0 spiro atoms. The number of carbonyl (C=O) groups excluding carboxylic acids is 1. The molecule has 3 rings (SSSR count). The van der Waals surface area contributed by atoms with Gasteiger partial charge in [0.25, 0.3) is 5.91 Å². The Bertz CT molecular complexity index is 997. The van der Waals surface area contributed by atoms with Crippen LogP contribution in [-0.4, -0.2) is 27.7 Å². The van der Waals surface area contributed by atoms with E-state index in [0.29, 0.717) is 22.6 Å². The van der Waals surface area contributed by atoms with Crippen molar-refractivity contribution in [2.24, 2.45) is 0 Å². The van der Waals surface area contributed by atoms with Crippen LogP contribution in [0.15, 0.2) is 54.9 Å². The monoisotopic (exact) mass is 366 g/mol. The molecule has 0 aliphatic heterocycles. The quantitative estimate of drug-likeness (QED) is 0.532. The van der Waals surface area contributed by atoms with Crippen molar-refractivity contribution in [3.8, 4) is 5.75 Å². The second-order valence-corrected chi connectivity index (χ2v) is 5.97. The average Bonchev–Trinajstić information content (AvgIpc) is 3.11. The summed E-state index contributed by atoms with van der Waals surface area (Å²) in [4.78, 5) is 23.1. The average molecular weight is 366 g/mol. The van der Waals surface area contributed by atoms with Crippen LogP contribution in [0.3, 0.4) is 0 Å². The third-order valence-corrected chi connectivity index (χ3v) is 4.03. The molecule has 0 fully saturated rings. The summed E-state index contributed by atoms with van der Waals surface area (Å²) in [7, 11) is 1.54. The van der Waals surface area contributed by atoms with Gasteiger partial charge in [0.05, 0.1) is 24.3 Å². The number of amides is 1. The minimum absolute atomic E-state index is 0.0959. The molecule has 0 aliphatic rings. The highest BCUT2D eigenvalue weighted by atomic mass is 16.6. The van der Waals surface area contributed by atoms with Gasteiger partial charge in [-0.25, -0.2) is 0 Å². The smallest absolute Gasteiger partial charge is 0.307 e. The Hall–Kier alpha value is -3.68. The van der Waals surface area contributed by atoms with Crippen LogP contribution in [-0.2, 0) is 6.54 Å². The first-order chi connectivity index (χ1) is 13.0.